The zero-order valence-corrected chi connectivity index (χ0v) is 23.0. The van der Waals surface area contributed by atoms with Crippen molar-refractivity contribution >= 4 is 46.4 Å². The Morgan fingerprint density at radius 1 is 0.583 bits per heavy atom. The summed E-state index contributed by atoms with van der Waals surface area (Å²) in [4.78, 5) is 0. The van der Waals surface area contributed by atoms with Gasteiger partial charge in [-0.1, -0.05) is 58.5 Å². The zero-order valence-electron chi connectivity index (χ0n) is 20.0. The number of hydrogen-bond acceptors (Lipinski definition) is 2. The summed E-state index contributed by atoms with van der Waals surface area (Å²) >= 11 is 23.6. The fourth-order valence-corrected chi connectivity index (χ4v) is 4.05. The summed E-state index contributed by atoms with van der Waals surface area (Å²) in [7, 11) is 3.09. The molecule has 2 nitrogen and oxygen atoms in total. The van der Waals surface area contributed by atoms with E-state index in [1.165, 1.54) is 31.4 Å². The lowest BCUT2D eigenvalue weighted by Crippen LogP contribution is -1.90. The van der Waals surface area contributed by atoms with Gasteiger partial charge in [-0.3, -0.25) is 0 Å². The van der Waals surface area contributed by atoms with Gasteiger partial charge >= 0.3 is 0 Å². The molecule has 0 saturated heterocycles. The Kier molecular flexibility index (Phi) is 11.8. The van der Waals surface area contributed by atoms with E-state index in [0.717, 1.165) is 26.9 Å². The van der Waals surface area contributed by atoms with Crippen molar-refractivity contribution in [2.75, 3.05) is 14.2 Å². The van der Waals surface area contributed by atoms with Gasteiger partial charge in [-0.25, -0.2) is 8.78 Å². The van der Waals surface area contributed by atoms with Crippen LogP contribution in [0.3, 0.4) is 0 Å². The van der Waals surface area contributed by atoms with Gasteiger partial charge < -0.3 is 9.47 Å². The summed E-state index contributed by atoms with van der Waals surface area (Å²) in [6.45, 7) is 3.70. The number of methoxy groups -OCH3 is 2. The highest BCUT2D eigenvalue weighted by atomic mass is 35.5. The van der Waals surface area contributed by atoms with Crippen LogP contribution in [0.25, 0.3) is 11.1 Å². The Bertz CT molecular complexity index is 1270. The van der Waals surface area contributed by atoms with E-state index in [1.54, 1.807) is 37.4 Å². The molecule has 8 heteroatoms. The number of ether oxygens (including phenoxy) is 2. The number of hydrogen-bond donors (Lipinski definition) is 0. The third kappa shape index (κ3) is 8.28. The third-order valence-corrected chi connectivity index (χ3v) is 6.40. The lowest BCUT2D eigenvalue weighted by molar-refractivity contribution is 0.410. The van der Waals surface area contributed by atoms with E-state index in [0.29, 0.717) is 26.9 Å². The van der Waals surface area contributed by atoms with Crippen LogP contribution in [0, 0.1) is 25.5 Å². The monoisotopic (exact) mass is 570 g/mol. The van der Waals surface area contributed by atoms with Gasteiger partial charge in [-0.15, -0.1) is 0 Å². The molecule has 0 radical (unpaired) electrons. The van der Waals surface area contributed by atoms with Crippen LogP contribution < -0.4 is 9.47 Å². The molecule has 0 fully saturated rings. The molecule has 0 unspecified atom stereocenters. The minimum absolute atomic E-state index is 0.224. The Hall–Kier alpha value is -2.50. The van der Waals surface area contributed by atoms with E-state index in [9.17, 15) is 8.78 Å². The van der Waals surface area contributed by atoms with E-state index >= 15 is 0 Å². The third-order valence-electron chi connectivity index (χ3n) is 4.95. The van der Waals surface area contributed by atoms with E-state index in [4.69, 9.17) is 55.9 Å². The Morgan fingerprint density at radius 2 is 1.03 bits per heavy atom. The Labute approximate surface area is 230 Å². The molecule has 190 valence electrons. The molecule has 0 heterocycles. The minimum atomic E-state index is -0.364. The molecule has 0 N–H and O–H groups in total. The first-order valence-electron chi connectivity index (χ1n) is 10.6. The van der Waals surface area contributed by atoms with Gasteiger partial charge in [-0.05, 0) is 85.6 Å². The summed E-state index contributed by atoms with van der Waals surface area (Å²) in [6.07, 6.45) is 0. The highest BCUT2D eigenvalue weighted by Gasteiger charge is 2.13. The second kappa shape index (κ2) is 14.3. The van der Waals surface area contributed by atoms with Crippen LogP contribution in [0.1, 0.15) is 11.1 Å². The predicted octanol–water partition coefficient (Wildman–Crippen LogP) is 10.3. The standard InChI is InChI=1S/C13H9Cl2FO.C8H9FO.C7H6Cl2/c1-17-12-6-5-8(16)7-9(12)13-10(14)3-2-4-11(13)15;1-6-5-7(9)3-4-8(6)10-2;1-5-6(8)3-2-4-7(5)9/h2-7H,1H3;3-5H,1-2H3;2-4H,1H3. The number of aryl methyl sites for hydroxylation is 1. The molecule has 0 saturated carbocycles. The first-order chi connectivity index (χ1) is 17.1. The Balaban J connectivity index is 0.000000205. The number of benzene rings is 4. The quantitative estimate of drug-likeness (QED) is 0.243. The van der Waals surface area contributed by atoms with Crippen LogP contribution in [0.2, 0.25) is 20.1 Å². The smallest absolute Gasteiger partial charge is 0.126 e. The lowest BCUT2D eigenvalue weighted by Gasteiger charge is -2.11. The van der Waals surface area contributed by atoms with Gasteiger partial charge in [-0.2, -0.15) is 0 Å². The molecule has 4 aromatic carbocycles. The van der Waals surface area contributed by atoms with Gasteiger partial charge in [0.05, 0.1) is 24.3 Å². The van der Waals surface area contributed by atoms with Crippen molar-refractivity contribution in [3.05, 3.63) is 116 Å². The molecule has 0 atom stereocenters. The first kappa shape index (κ1) is 29.7. The zero-order chi connectivity index (χ0) is 26.8. The topological polar surface area (TPSA) is 18.5 Å². The highest BCUT2D eigenvalue weighted by molar-refractivity contribution is 6.39. The molecule has 0 aliphatic carbocycles. The molecule has 0 bridgehead atoms. The highest BCUT2D eigenvalue weighted by Crippen LogP contribution is 2.39. The van der Waals surface area contributed by atoms with E-state index in [-0.39, 0.29) is 11.6 Å². The van der Waals surface area contributed by atoms with Crippen LogP contribution in [0.15, 0.2) is 72.8 Å². The molecule has 0 aliphatic rings. The Morgan fingerprint density at radius 3 is 1.47 bits per heavy atom. The minimum Gasteiger partial charge on any atom is -0.496 e. The van der Waals surface area contributed by atoms with Crippen LogP contribution in [0.4, 0.5) is 8.78 Å². The van der Waals surface area contributed by atoms with Crippen molar-refractivity contribution in [2.45, 2.75) is 13.8 Å². The van der Waals surface area contributed by atoms with Crippen molar-refractivity contribution in [3.63, 3.8) is 0 Å². The summed E-state index contributed by atoms with van der Waals surface area (Å²) < 4.78 is 35.8. The summed E-state index contributed by atoms with van der Waals surface area (Å²) in [6, 6.07) is 19.3. The molecule has 0 aromatic heterocycles. The average Bonchev–Trinajstić information content (AvgIpc) is 2.83. The predicted molar refractivity (Wildman–Crippen MR) is 147 cm³/mol. The normalized spacial score (nSPS) is 9.94. The van der Waals surface area contributed by atoms with Gasteiger partial charge in [0, 0.05) is 21.2 Å². The largest absolute Gasteiger partial charge is 0.496 e. The molecule has 0 amide bonds. The van der Waals surface area contributed by atoms with E-state index < -0.39 is 0 Å². The molecule has 36 heavy (non-hydrogen) atoms. The second-order valence-electron chi connectivity index (χ2n) is 7.40. The van der Waals surface area contributed by atoms with Crippen molar-refractivity contribution in [1.82, 2.24) is 0 Å². The molecule has 4 aromatic rings. The van der Waals surface area contributed by atoms with Gasteiger partial charge in [0.1, 0.15) is 23.1 Å². The maximum Gasteiger partial charge on any atom is 0.126 e. The second-order valence-corrected chi connectivity index (χ2v) is 9.03. The lowest BCUT2D eigenvalue weighted by atomic mass is 10.0. The fourth-order valence-electron chi connectivity index (χ4n) is 3.05. The van der Waals surface area contributed by atoms with Crippen LogP contribution >= 0.6 is 46.4 Å². The van der Waals surface area contributed by atoms with Crippen molar-refractivity contribution in [1.29, 1.82) is 0 Å². The van der Waals surface area contributed by atoms with E-state index in [2.05, 4.69) is 0 Å². The first-order valence-corrected chi connectivity index (χ1v) is 12.1. The summed E-state index contributed by atoms with van der Waals surface area (Å²) in [5.41, 5.74) is 2.89. The molecule has 0 aliphatic heterocycles. The van der Waals surface area contributed by atoms with Crippen LogP contribution in [0.5, 0.6) is 11.5 Å². The number of halogens is 6. The van der Waals surface area contributed by atoms with E-state index in [1.807, 2.05) is 32.0 Å². The fraction of sp³-hybridized carbons (Fsp3) is 0.143. The maximum atomic E-state index is 13.3. The SMILES string of the molecule is COc1ccc(F)cc1-c1c(Cl)cccc1Cl.COc1ccc(F)cc1C.Cc1c(Cl)cccc1Cl. The maximum absolute atomic E-state index is 13.3. The molecule has 4 rings (SSSR count). The number of rotatable bonds is 3. The summed E-state index contributed by atoms with van der Waals surface area (Å²) in [5, 5.41) is 2.37. The molecule has 0 spiro atoms. The van der Waals surface area contributed by atoms with Crippen LogP contribution in [-0.4, -0.2) is 14.2 Å². The molecular formula is C28H24Cl4F2O2. The molecular weight excluding hydrogens is 548 g/mol. The van der Waals surface area contributed by atoms with Gasteiger partial charge in [0.2, 0.25) is 0 Å². The van der Waals surface area contributed by atoms with Crippen molar-refractivity contribution < 1.29 is 18.3 Å². The summed E-state index contributed by atoms with van der Waals surface area (Å²) in [5.74, 6) is 0.665. The van der Waals surface area contributed by atoms with Crippen molar-refractivity contribution in [2.24, 2.45) is 0 Å². The van der Waals surface area contributed by atoms with Gasteiger partial charge in [0.25, 0.3) is 0 Å². The van der Waals surface area contributed by atoms with Crippen LogP contribution in [-0.2, 0) is 0 Å². The van der Waals surface area contributed by atoms with Gasteiger partial charge in [0.15, 0.2) is 0 Å². The average molecular weight is 572 g/mol. The van der Waals surface area contributed by atoms with Crippen molar-refractivity contribution in [3.8, 4) is 22.6 Å².